The lowest BCUT2D eigenvalue weighted by molar-refractivity contribution is 0.238. The normalized spacial score (nSPS) is 20.8. The Balaban J connectivity index is 2.07. The number of nitrogens with zero attached hydrogens (tertiary/aromatic N) is 2. The Morgan fingerprint density at radius 2 is 2.11 bits per heavy atom. The summed E-state index contributed by atoms with van der Waals surface area (Å²) in [5.41, 5.74) is 7.62. The molecule has 0 spiro atoms. The molecule has 0 aliphatic carbocycles. The number of pyridine rings is 1. The molecule has 0 aromatic carbocycles. The van der Waals surface area contributed by atoms with Gasteiger partial charge in [-0.15, -0.1) is 0 Å². The van der Waals surface area contributed by atoms with Gasteiger partial charge in [-0.3, -0.25) is 0 Å². The average Bonchev–Trinajstić information content (AvgIpc) is 2.40. The molecule has 18 heavy (non-hydrogen) atoms. The van der Waals surface area contributed by atoms with Crippen molar-refractivity contribution in [3.8, 4) is 0 Å². The van der Waals surface area contributed by atoms with Gasteiger partial charge in [0.15, 0.2) is 0 Å². The zero-order chi connectivity index (χ0) is 13.2. The van der Waals surface area contributed by atoms with E-state index >= 15 is 0 Å². The number of hydrogen-bond acceptors (Lipinski definition) is 3. The predicted octanol–water partition coefficient (Wildman–Crippen LogP) is 3.12. The quantitative estimate of drug-likeness (QED) is 0.892. The Kier molecular flexibility index (Phi) is 3.91. The van der Waals surface area contributed by atoms with Crippen LogP contribution in [-0.2, 0) is 0 Å². The van der Waals surface area contributed by atoms with Gasteiger partial charge >= 0.3 is 0 Å². The van der Waals surface area contributed by atoms with Crippen LogP contribution in [0.15, 0.2) is 18.3 Å². The Morgan fingerprint density at radius 3 is 2.67 bits per heavy atom. The maximum Gasteiger partial charge on any atom is 0.128 e. The minimum atomic E-state index is 0.0810. The summed E-state index contributed by atoms with van der Waals surface area (Å²) < 4.78 is 0. The fourth-order valence-corrected chi connectivity index (χ4v) is 2.52. The van der Waals surface area contributed by atoms with Crippen molar-refractivity contribution in [1.29, 1.82) is 0 Å². The molecular formula is C15H25N3. The molecule has 1 atom stereocenters. The Hall–Kier alpha value is -1.09. The first-order valence-corrected chi connectivity index (χ1v) is 7.00. The number of aromatic nitrogens is 1. The van der Waals surface area contributed by atoms with Gasteiger partial charge in [-0.05, 0) is 42.9 Å². The van der Waals surface area contributed by atoms with Gasteiger partial charge < -0.3 is 10.6 Å². The molecule has 1 saturated heterocycles. The van der Waals surface area contributed by atoms with E-state index in [1.165, 1.54) is 24.8 Å². The smallest absolute Gasteiger partial charge is 0.128 e. The number of hydrogen-bond donors (Lipinski definition) is 1. The van der Waals surface area contributed by atoms with E-state index in [1.807, 2.05) is 19.2 Å². The zero-order valence-corrected chi connectivity index (χ0v) is 11.8. The Labute approximate surface area is 110 Å². The van der Waals surface area contributed by atoms with E-state index in [0.29, 0.717) is 5.41 Å². The maximum absolute atomic E-state index is 5.93. The van der Waals surface area contributed by atoms with Gasteiger partial charge in [0, 0.05) is 25.3 Å². The van der Waals surface area contributed by atoms with E-state index in [2.05, 4.69) is 29.8 Å². The number of piperidine rings is 1. The highest BCUT2D eigenvalue weighted by Crippen LogP contribution is 2.35. The number of nitrogens with two attached hydrogens (primary N) is 1. The molecule has 100 valence electrons. The molecule has 1 aromatic rings. The van der Waals surface area contributed by atoms with E-state index in [1.54, 1.807) is 0 Å². The molecule has 3 heteroatoms. The molecule has 2 rings (SSSR count). The van der Waals surface area contributed by atoms with Crippen LogP contribution in [-0.4, -0.2) is 18.1 Å². The van der Waals surface area contributed by atoms with Crippen LogP contribution in [0.5, 0.6) is 0 Å². The fraction of sp³-hybridized carbons (Fsp3) is 0.667. The molecule has 0 unspecified atom stereocenters. The molecule has 2 N–H and O–H groups in total. The lowest BCUT2D eigenvalue weighted by Crippen LogP contribution is -2.38. The average molecular weight is 247 g/mol. The van der Waals surface area contributed by atoms with Crippen LogP contribution in [0, 0.1) is 5.41 Å². The van der Waals surface area contributed by atoms with Crippen molar-refractivity contribution in [1.82, 2.24) is 4.98 Å². The zero-order valence-electron chi connectivity index (χ0n) is 11.8. The van der Waals surface area contributed by atoms with Crippen molar-refractivity contribution in [2.24, 2.45) is 11.1 Å². The van der Waals surface area contributed by atoms with Crippen molar-refractivity contribution in [3.63, 3.8) is 0 Å². The van der Waals surface area contributed by atoms with Crippen molar-refractivity contribution >= 4 is 5.82 Å². The third-order valence-corrected chi connectivity index (χ3v) is 4.44. The summed E-state index contributed by atoms with van der Waals surface area (Å²) in [6, 6.07) is 4.23. The monoisotopic (exact) mass is 247 g/mol. The van der Waals surface area contributed by atoms with Crippen molar-refractivity contribution in [3.05, 3.63) is 23.9 Å². The van der Waals surface area contributed by atoms with E-state index in [-0.39, 0.29) is 6.04 Å². The van der Waals surface area contributed by atoms with Crippen LogP contribution in [0.1, 0.15) is 51.6 Å². The highest BCUT2D eigenvalue weighted by atomic mass is 15.2. The SMILES string of the molecule is CCC1(C)CCN(c2cc([C@H](C)N)ccn2)CC1. The van der Waals surface area contributed by atoms with Gasteiger partial charge in [-0.25, -0.2) is 4.98 Å². The lowest BCUT2D eigenvalue weighted by atomic mass is 9.78. The summed E-state index contributed by atoms with van der Waals surface area (Å²) in [5.74, 6) is 1.09. The van der Waals surface area contributed by atoms with Gasteiger partial charge in [0.1, 0.15) is 5.82 Å². The van der Waals surface area contributed by atoms with Gasteiger partial charge in [0.25, 0.3) is 0 Å². The molecule has 1 aliphatic heterocycles. The molecule has 1 aliphatic rings. The molecule has 2 heterocycles. The molecule has 0 saturated carbocycles. The molecule has 1 aromatic heterocycles. The van der Waals surface area contributed by atoms with E-state index in [0.717, 1.165) is 18.9 Å². The Bertz CT molecular complexity index is 392. The minimum Gasteiger partial charge on any atom is -0.357 e. The van der Waals surface area contributed by atoms with Crippen molar-refractivity contribution < 1.29 is 0 Å². The molecule has 3 nitrogen and oxygen atoms in total. The third-order valence-electron chi connectivity index (χ3n) is 4.44. The first-order valence-electron chi connectivity index (χ1n) is 7.00. The van der Waals surface area contributed by atoms with Crippen molar-refractivity contribution in [2.75, 3.05) is 18.0 Å². The summed E-state index contributed by atoms with van der Waals surface area (Å²) in [5, 5.41) is 0. The highest BCUT2D eigenvalue weighted by molar-refractivity contribution is 5.42. The fourth-order valence-electron chi connectivity index (χ4n) is 2.52. The lowest BCUT2D eigenvalue weighted by Gasteiger charge is -2.39. The molecule has 1 fully saturated rings. The Morgan fingerprint density at radius 1 is 1.44 bits per heavy atom. The largest absolute Gasteiger partial charge is 0.357 e. The van der Waals surface area contributed by atoms with Crippen LogP contribution in [0.4, 0.5) is 5.82 Å². The number of anilines is 1. The van der Waals surface area contributed by atoms with Crippen LogP contribution in [0.3, 0.4) is 0 Å². The first kappa shape index (κ1) is 13.3. The second-order valence-corrected chi connectivity index (χ2v) is 5.89. The van der Waals surface area contributed by atoms with Crippen LogP contribution in [0.2, 0.25) is 0 Å². The summed E-state index contributed by atoms with van der Waals surface area (Å²) >= 11 is 0. The summed E-state index contributed by atoms with van der Waals surface area (Å²) in [6.07, 6.45) is 5.66. The van der Waals surface area contributed by atoms with Gasteiger partial charge in [0.2, 0.25) is 0 Å². The summed E-state index contributed by atoms with van der Waals surface area (Å²) in [7, 11) is 0. The molecule has 0 radical (unpaired) electrons. The molecule has 0 bridgehead atoms. The van der Waals surface area contributed by atoms with E-state index < -0.39 is 0 Å². The third kappa shape index (κ3) is 2.83. The second kappa shape index (κ2) is 5.27. The van der Waals surface area contributed by atoms with E-state index in [4.69, 9.17) is 5.73 Å². The molecular weight excluding hydrogens is 222 g/mol. The standard InChI is InChI=1S/C15H25N3/c1-4-15(3)6-9-18(10-7-15)14-11-13(12(2)16)5-8-17-14/h5,8,11-12H,4,6-7,9-10,16H2,1-3H3/t12-/m0/s1. The van der Waals surface area contributed by atoms with E-state index in [9.17, 15) is 0 Å². The summed E-state index contributed by atoms with van der Waals surface area (Å²) in [4.78, 5) is 6.88. The first-order chi connectivity index (χ1) is 8.54. The summed E-state index contributed by atoms with van der Waals surface area (Å²) in [6.45, 7) is 8.93. The molecule has 0 amide bonds. The van der Waals surface area contributed by atoms with Crippen LogP contribution < -0.4 is 10.6 Å². The topological polar surface area (TPSA) is 42.1 Å². The van der Waals surface area contributed by atoms with Gasteiger partial charge in [-0.1, -0.05) is 20.3 Å². The predicted molar refractivity (Wildman–Crippen MR) is 76.7 cm³/mol. The van der Waals surface area contributed by atoms with Gasteiger partial charge in [0.05, 0.1) is 0 Å². The van der Waals surface area contributed by atoms with Crippen LogP contribution in [0.25, 0.3) is 0 Å². The van der Waals surface area contributed by atoms with Crippen LogP contribution >= 0.6 is 0 Å². The van der Waals surface area contributed by atoms with Crippen molar-refractivity contribution in [2.45, 2.75) is 46.1 Å². The second-order valence-electron chi connectivity index (χ2n) is 5.89. The maximum atomic E-state index is 5.93. The van der Waals surface area contributed by atoms with Gasteiger partial charge in [-0.2, -0.15) is 0 Å². The highest BCUT2D eigenvalue weighted by Gasteiger charge is 2.28. The number of rotatable bonds is 3. The minimum absolute atomic E-state index is 0.0810.